The topological polar surface area (TPSA) is 58.4 Å². The fourth-order valence-electron chi connectivity index (χ4n) is 2.69. The number of likely N-dealkylation sites (tertiary alicyclic amines) is 1. The van der Waals surface area contributed by atoms with Crippen LogP contribution in [0.5, 0.6) is 0 Å². The van der Waals surface area contributed by atoms with Gasteiger partial charge < -0.3 is 0 Å². The summed E-state index contributed by atoms with van der Waals surface area (Å²) in [6, 6.07) is 2.58. The molecular weight excluding hydrogens is 288 g/mol. The molecule has 0 N–H and O–H groups in total. The summed E-state index contributed by atoms with van der Waals surface area (Å²) >= 11 is 0. The molecule has 0 spiro atoms. The number of piperidine rings is 1. The molecule has 1 aliphatic heterocycles. The summed E-state index contributed by atoms with van der Waals surface area (Å²) in [5.41, 5.74) is 1.08. The van der Waals surface area contributed by atoms with Crippen LogP contribution in [-0.2, 0) is 16.6 Å². The van der Waals surface area contributed by atoms with E-state index in [0.29, 0.717) is 6.04 Å². The SMILES string of the molecule is CC(C)n1ccc(CN2CCC(N(C)S(C)(=O)=O)CC2)n1. The zero-order valence-electron chi connectivity index (χ0n) is 13.4. The number of aromatic nitrogens is 2. The molecule has 1 aliphatic rings. The average Bonchev–Trinajstić information content (AvgIpc) is 2.86. The minimum absolute atomic E-state index is 0.129. The molecule has 2 heterocycles. The lowest BCUT2D eigenvalue weighted by molar-refractivity contribution is 0.162. The number of hydrogen-bond acceptors (Lipinski definition) is 4. The van der Waals surface area contributed by atoms with Crippen molar-refractivity contribution in [2.45, 2.75) is 45.3 Å². The maximum atomic E-state index is 11.6. The fourth-order valence-corrected chi connectivity index (χ4v) is 3.44. The maximum absolute atomic E-state index is 11.6. The average molecular weight is 314 g/mol. The molecule has 0 bridgehead atoms. The zero-order valence-corrected chi connectivity index (χ0v) is 14.2. The molecule has 0 aliphatic carbocycles. The Hall–Kier alpha value is -0.920. The Kier molecular flexibility index (Phi) is 5.06. The van der Waals surface area contributed by atoms with Gasteiger partial charge in [0.1, 0.15) is 0 Å². The van der Waals surface area contributed by atoms with Crippen LogP contribution in [-0.4, -0.2) is 59.8 Å². The molecule has 0 unspecified atom stereocenters. The first-order chi connectivity index (χ1) is 9.77. The van der Waals surface area contributed by atoms with Crippen LogP contribution in [0.2, 0.25) is 0 Å². The second-order valence-electron chi connectivity index (χ2n) is 6.17. The van der Waals surface area contributed by atoms with Gasteiger partial charge in [0.15, 0.2) is 0 Å². The van der Waals surface area contributed by atoms with Crippen LogP contribution in [0.4, 0.5) is 0 Å². The predicted octanol–water partition coefficient (Wildman–Crippen LogP) is 1.32. The van der Waals surface area contributed by atoms with Crippen LogP contribution in [0, 0.1) is 0 Å². The number of nitrogens with zero attached hydrogens (tertiary/aromatic N) is 4. The molecule has 120 valence electrons. The molecule has 21 heavy (non-hydrogen) atoms. The van der Waals surface area contributed by atoms with Crippen LogP contribution in [0.25, 0.3) is 0 Å². The van der Waals surface area contributed by atoms with E-state index in [1.54, 1.807) is 7.05 Å². The Morgan fingerprint density at radius 3 is 2.48 bits per heavy atom. The van der Waals surface area contributed by atoms with Gasteiger partial charge in [-0.25, -0.2) is 12.7 Å². The lowest BCUT2D eigenvalue weighted by Gasteiger charge is -2.35. The van der Waals surface area contributed by atoms with Crippen LogP contribution in [0.1, 0.15) is 38.4 Å². The quantitative estimate of drug-likeness (QED) is 0.822. The standard InChI is InChI=1S/C14H26N4O2S/c1-12(2)18-10-5-13(15-18)11-17-8-6-14(7-9-17)16(3)21(4,19)20/h5,10,12,14H,6-9,11H2,1-4H3. The highest BCUT2D eigenvalue weighted by Crippen LogP contribution is 2.19. The van der Waals surface area contributed by atoms with E-state index >= 15 is 0 Å². The van der Waals surface area contributed by atoms with Crippen molar-refractivity contribution < 1.29 is 8.42 Å². The molecule has 1 saturated heterocycles. The molecule has 1 aromatic rings. The Morgan fingerprint density at radius 2 is 2.00 bits per heavy atom. The summed E-state index contributed by atoms with van der Waals surface area (Å²) in [7, 11) is -1.41. The summed E-state index contributed by atoms with van der Waals surface area (Å²) < 4.78 is 26.6. The van der Waals surface area contributed by atoms with Gasteiger partial charge in [-0.1, -0.05) is 0 Å². The van der Waals surface area contributed by atoms with E-state index in [4.69, 9.17) is 0 Å². The Bertz CT molecular complexity index is 559. The summed E-state index contributed by atoms with van der Waals surface area (Å²) in [5, 5.41) is 4.57. The van der Waals surface area contributed by atoms with Crippen LogP contribution < -0.4 is 0 Å². The van der Waals surface area contributed by atoms with E-state index in [-0.39, 0.29) is 6.04 Å². The first-order valence-electron chi connectivity index (χ1n) is 7.47. The largest absolute Gasteiger partial charge is 0.297 e. The monoisotopic (exact) mass is 314 g/mol. The second kappa shape index (κ2) is 6.46. The molecular formula is C14H26N4O2S. The minimum Gasteiger partial charge on any atom is -0.297 e. The summed E-state index contributed by atoms with van der Waals surface area (Å²) in [4.78, 5) is 2.35. The first kappa shape index (κ1) is 16.5. The van der Waals surface area contributed by atoms with Gasteiger partial charge in [0.2, 0.25) is 10.0 Å². The lowest BCUT2D eigenvalue weighted by atomic mass is 10.1. The van der Waals surface area contributed by atoms with Crippen molar-refractivity contribution >= 4 is 10.0 Å². The second-order valence-corrected chi connectivity index (χ2v) is 8.21. The van der Waals surface area contributed by atoms with E-state index < -0.39 is 10.0 Å². The van der Waals surface area contributed by atoms with Crippen LogP contribution >= 0.6 is 0 Å². The van der Waals surface area contributed by atoms with Gasteiger partial charge in [-0.15, -0.1) is 0 Å². The summed E-state index contributed by atoms with van der Waals surface area (Å²) in [5.74, 6) is 0. The summed E-state index contributed by atoms with van der Waals surface area (Å²) in [6.07, 6.45) is 5.06. The van der Waals surface area contributed by atoms with Gasteiger partial charge in [-0.2, -0.15) is 5.10 Å². The molecule has 0 aromatic carbocycles. The van der Waals surface area contributed by atoms with Crippen molar-refractivity contribution in [1.29, 1.82) is 0 Å². The highest BCUT2D eigenvalue weighted by atomic mass is 32.2. The predicted molar refractivity (Wildman–Crippen MR) is 83.5 cm³/mol. The van der Waals surface area contributed by atoms with Gasteiger partial charge in [0.05, 0.1) is 11.9 Å². The Balaban J connectivity index is 1.86. The van der Waals surface area contributed by atoms with E-state index in [1.165, 1.54) is 10.6 Å². The highest BCUT2D eigenvalue weighted by Gasteiger charge is 2.27. The Morgan fingerprint density at radius 1 is 1.38 bits per heavy atom. The molecule has 6 nitrogen and oxygen atoms in total. The number of sulfonamides is 1. The van der Waals surface area contributed by atoms with Crippen molar-refractivity contribution in [2.75, 3.05) is 26.4 Å². The smallest absolute Gasteiger partial charge is 0.211 e. The highest BCUT2D eigenvalue weighted by molar-refractivity contribution is 7.88. The number of hydrogen-bond donors (Lipinski definition) is 0. The third-order valence-electron chi connectivity index (χ3n) is 4.17. The third-order valence-corrected chi connectivity index (χ3v) is 5.52. The fraction of sp³-hybridized carbons (Fsp3) is 0.786. The van der Waals surface area contributed by atoms with Crippen molar-refractivity contribution in [2.24, 2.45) is 0 Å². The van der Waals surface area contributed by atoms with Gasteiger partial charge >= 0.3 is 0 Å². The molecule has 1 aromatic heterocycles. The molecule has 0 amide bonds. The zero-order chi connectivity index (χ0) is 15.6. The molecule has 0 saturated carbocycles. The third kappa shape index (κ3) is 4.28. The van der Waals surface area contributed by atoms with Gasteiger partial charge in [-0.05, 0) is 32.8 Å². The van der Waals surface area contributed by atoms with E-state index in [1.807, 2.05) is 10.9 Å². The van der Waals surface area contributed by atoms with Crippen LogP contribution in [0.3, 0.4) is 0 Å². The van der Waals surface area contributed by atoms with Gasteiger partial charge in [0.25, 0.3) is 0 Å². The number of rotatable bonds is 5. The van der Waals surface area contributed by atoms with Crippen molar-refractivity contribution in [3.8, 4) is 0 Å². The molecule has 0 radical (unpaired) electrons. The maximum Gasteiger partial charge on any atom is 0.211 e. The first-order valence-corrected chi connectivity index (χ1v) is 9.31. The molecule has 0 atom stereocenters. The molecule has 1 fully saturated rings. The van der Waals surface area contributed by atoms with Crippen molar-refractivity contribution in [3.05, 3.63) is 18.0 Å². The van der Waals surface area contributed by atoms with Gasteiger partial charge in [-0.3, -0.25) is 9.58 Å². The molecule has 2 rings (SSSR count). The minimum atomic E-state index is -3.09. The summed E-state index contributed by atoms with van der Waals surface area (Å²) in [6.45, 7) is 6.90. The normalized spacial score (nSPS) is 18.8. The van der Waals surface area contributed by atoms with E-state index in [9.17, 15) is 8.42 Å². The van der Waals surface area contributed by atoms with Crippen molar-refractivity contribution in [1.82, 2.24) is 19.0 Å². The van der Waals surface area contributed by atoms with E-state index in [0.717, 1.165) is 38.2 Å². The Labute approximate surface area is 127 Å². The van der Waals surface area contributed by atoms with E-state index in [2.05, 4.69) is 29.9 Å². The van der Waals surface area contributed by atoms with Crippen LogP contribution in [0.15, 0.2) is 12.3 Å². The van der Waals surface area contributed by atoms with Crippen molar-refractivity contribution in [3.63, 3.8) is 0 Å². The lowest BCUT2D eigenvalue weighted by Crippen LogP contribution is -2.45. The van der Waals surface area contributed by atoms with Gasteiger partial charge in [0, 0.05) is 45.0 Å². The molecule has 7 heteroatoms.